The van der Waals surface area contributed by atoms with Crippen molar-refractivity contribution in [2.45, 2.75) is 94.0 Å². The van der Waals surface area contributed by atoms with E-state index in [0.717, 1.165) is 57.8 Å². The highest BCUT2D eigenvalue weighted by Crippen LogP contribution is 2.56. The maximum Gasteiger partial charge on any atom is 0.246 e. The van der Waals surface area contributed by atoms with Crippen LogP contribution in [0, 0.1) is 11.8 Å². The Balaban J connectivity index is 1.32. The number of fused-ring (bicyclic) bond motifs is 1. The molecule has 3 heterocycles. The summed E-state index contributed by atoms with van der Waals surface area (Å²) in [5.74, 6) is -2.12. The van der Waals surface area contributed by atoms with Crippen LogP contribution in [-0.4, -0.2) is 52.5 Å². The van der Waals surface area contributed by atoms with Crippen LogP contribution in [0.5, 0.6) is 0 Å². The summed E-state index contributed by atoms with van der Waals surface area (Å²) in [5.41, 5.74) is -0.671. The Morgan fingerprint density at radius 3 is 2.24 bits per heavy atom. The van der Waals surface area contributed by atoms with E-state index in [-0.39, 0.29) is 29.8 Å². The van der Waals surface area contributed by atoms with Crippen molar-refractivity contribution in [3.8, 4) is 0 Å². The van der Waals surface area contributed by atoms with Crippen molar-refractivity contribution in [3.05, 3.63) is 40.4 Å². The van der Waals surface area contributed by atoms with Crippen LogP contribution < -0.4 is 10.6 Å². The normalized spacial score (nSPS) is 33.6. The zero-order valence-electron chi connectivity index (χ0n) is 20.8. The zero-order chi connectivity index (χ0) is 25.7. The fraction of sp³-hybridized carbons (Fsp3) is 0.607. The summed E-state index contributed by atoms with van der Waals surface area (Å²) < 4.78 is 6.47. The molecule has 198 valence electrons. The van der Waals surface area contributed by atoms with Crippen LogP contribution in [0.2, 0.25) is 10.0 Å². The molecule has 1 spiro atoms. The van der Waals surface area contributed by atoms with Crippen LogP contribution in [0.3, 0.4) is 0 Å². The van der Waals surface area contributed by atoms with Gasteiger partial charge in [-0.3, -0.25) is 14.4 Å². The molecule has 4 fully saturated rings. The number of hydrogen-bond donors (Lipinski definition) is 2. The number of halogens is 2. The monoisotopic (exact) mass is 545 g/mol. The van der Waals surface area contributed by atoms with Crippen molar-refractivity contribution in [2.75, 3.05) is 5.32 Å². The second-order valence-corrected chi connectivity index (χ2v) is 12.1. The van der Waals surface area contributed by atoms with Crippen LogP contribution in [-0.2, 0) is 19.1 Å². The number of amides is 3. The number of nitrogens with one attached hydrogen (secondary N) is 2. The number of benzene rings is 1. The molecule has 37 heavy (non-hydrogen) atoms. The fourth-order valence-corrected chi connectivity index (χ4v) is 7.86. The standard InChI is InChI=1S/C28H33Cl2N3O4/c29-16-13-17(30)15-19(14-16)32-25(34)22-21-11-12-28(37-21)23(22)27(36)33(20-9-5-2-6-10-20)24(28)26(35)31-18-7-3-1-4-8-18/h11-15,18,20-24H,1-10H2,(H,31,35)(H,32,34)/t21-,22?,23-,24?,28?/m0/s1. The number of likely N-dealkylation sites (tertiary alicyclic amines) is 1. The van der Waals surface area contributed by atoms with Gasteiger partial charge in [-0.1, -0.05) is 73.9 Å². The highest BCUT2D eigenvalue weighted by molar-refractivity contribution is 6.35. The van der Waals surface area contributed by atoms with E-state index in [1.807, 2.05) is 12.2 Å². The molecule has 7 nitrogen and oxygen atoms in total. The summed E-state index contributed by atoms with van der Waals surface area (Å²) in [7, 11) is 0. The SMILES string of the molecule is O=C(Nc1cc(Cl)cc(Cl)c1)C1[C@@H]2C=CC3(O2)C(C(=O)NC2CCCCC2)N(C2CCCCC2)C(=O)[C@H]13. The van der Waals surface area contributed by atoms with Gasteiger partial charge in [0.05, 0.1) is 17.9 Å². The maximum absolute atomic E-state index is 14.2. The molecule has 2 saturated heterocycles. The van der Waals surface area contributed by atoms with Crippen LogP contribution in [0.25, 0.3) is 0 Å². The molecule has 5 atom stereocenters. The third-order valence-corrected chi connectivity index (χ3v) is 9.35. The predicted molar refractivity (Wildman–Crippen MR) is 141 cm³/mol. The molecule has 3 amide bonds. The van der Waals surface area contributed by atoms with Crippen LogP contribution >= 0.6 is 23.2 Å². The third-order valence-electron chi connectivity index (χ3n) is 8.91. The first-order chi connectivity index (χ1) is 17.9. The highest BCUT2D eigenvalue weighted by atomic mass is 35.5. The van der Waals surface area contributed by atoms with Gasteiger partial charge in [-0.05, 0) is 43.9 Å². The lowest BCUT2D eigenvalue weighted by Gasteiger charge is -2.39. The van der Waals surface area contributed by atoms with Gasteiger partial charge in [0.2, 0.25) is 17.7 Å². The second-order valence-electron chi connectivity index (χ2n) is 11.2. The minimum atomic E-state index is -1.13. The summed E-state index contributed by atoms with van der Waals surface area (Å²) >= 11 is 12.3. The van der Waals surface area contributed by atoms with E-state index in [1.54, 1.807) is 23.1 Å². The number of hydrogen-bond acceptors (Lipinski definition) is 4. The topological polar surface area (TPSA) is 87.7 Å². The molecule has 1 aromatic rings. The summed E-state index contributed by atoms with van der Waals surface area (Å²) in [6, 6.07) is 4.17. The molecular weight excluding hydrogens is 513 g/mol. The molecule has 2 aliphatic carbocycles. The Morgan fingerprint density at radius 1 is 0.919 bits per heavy atom. The summed E-state index contributed by atoms with van der Waals surface area (Å²) in [5, 5.41) is 6.96. The predicted octanol–water partition coefficient (Wildman–Crippen LogP) is 4.86. The lowest BCUT2D eigenvalue weighted by Crippen LogP contribution is -2.58. The van der Waals surface area contributed by atoms with Crippen LogP contribution in [0.4, 0.5) is 5.69 Å². The van der Waals surface area contributed by atoms with E-state index in [0.29, 0.717) is 15.7 Å². The first kappa shape index (κ1) is 25.2. The fourth-order valence-electron chi connectivity index (χ4n) is 7.34. The molecule has 1 aromatic carbocycles. The summed E-state index contributed by atoms with van der Waals surface area (Å²) in [6.45, 7) is 0. The molecule has 3 unspecified atom stereocenters. The van der Waals surface area contributed by atoms with Gasteiger partial charge in [-0.15, -0.1) is 0 Å². The van der Waals surface area contributed by atoms with Crippen molar-refractivity contribution < 1.29 is 19.1 Å². The molecule has 6 rings (SSSR count). The lowest BCUT2D eigenvalue weighted by molar-refractivity contribution is -0.144. The van der Waals surface area contributed by atoms with Crippen molar-refractivity contribution in [1.82, 2.24) is 10.2 Å². The molecule has 9 heteroatoms. The molecule has 0 aromatic heterocycles. The van der Waals surface area contributed by atoms with E-state index >= 15 is 0 Å². The minimum absolute atomic E-state index is 0.0187. The van der Waals surface area contributed by atoms with Crippen molar-refractivity contribution in [2.24, 2.45) is 11.8 Å². The van der Waals surface area contributed by atoms with Crippen molar-refractivity contribution in [3.63, 3.8) is 0 Å². The number of rotatable bonds is 5. The molecule has 0 radical (unpaired) electrons. The number of ether oxygens (including phenoxy) is 1. The Kier molecular flexibility index (Phi) is 6.74. The van der Waals surface area contributed by atoms with E-state index in [2.05, 4.69) is 10.6 Å². The number of carbonyl (C=O) groups is 3. The lowest BCUT2D eigenvalue weighted by atomic mass is 9.74. The molecule has 5 aliphatic rings. The van der Waals surface area contributed by atoms with E-state index in [9.17, 15) is 14.4 Å². The van der Waals surface area contributed by atoms with Gasteiger partial charge in [0.25, 0.3) is 0 Å². The highest BCUT2D eigenvalue weighted by Gasteiger charge is 2.73. The summed E-state index contributed by atoms with van der Waals surface area (Å²) in [4.78, 5) is 43.5. The molecule has 2 N–H and O–H groups in total. The van der Waals surface area contributed by atoms with Gasteiger partial charge < -0.3 is 20.3 Å². The summed E-state index contributed by atoms with van der Waals surface area (Å²) in [6.07, 6.45) is 13.4. The zero-order valence-corrected chi connectivity index (χ0v) is 22.3. The van der Waals surface area contributed by atoms with Gasteiger partial charge in [-0.25, -0.2) is 0 Å². The average Bonchev–Trinajstić information content (AvgIpc) is 3.52. The van der Waals surface area contributed by atoms with Gasteiger partial charge in [-0.2, -0.15) is 0 Å². The van der Waals surface area contributed by atoms with E-state index in [4.69, 9.17) is 27.9 Å². The first-order valence-electron chi connectivity index (χ1n) is 13.6. The van der Waals surface area contributed by atoms with E-state index < -0.39 is 29.6 Å². The molecule has 3 aliphatic heterocycles. The third kappa shape index (κ3) is 4.37. The minimum Gasteiger partial charge on any atom is -0.359 e. The molecule has 2 bridgehead atoms. The Labute approximate surface area is 227 Å². The number of anilines is 1. The quantitative estimate of drug-likeness (QED) is 0.517. The Bertz CT molecular complexity index is 1110. The Morgan fingerprint density at radius 2 is 1.57 bits per heavy atom. The average molecular weight is 546 g/mol. The van der Waals surface area contributed by atoms with Gasteiger partial charge in [0, 0.05) is 27.8 Å². The van der Waals surface area contributed by atoms with Crippen molar-refractivity contribution in [1.29, 1.82) is 0 Å². The first-order valence-corrected chi connectivity index (χ1v) is 14.4. The Hall–Kier alpha value is -2.09. The van der Waals surface area contributed by atoms with Crippen LogP contribution in [0.15, 0.2) is 30.4 Å². The largest absolute Gasteiger partial charge is 0.359 e. The number of carbonyl (C=O) groups excluding carboxylic acids is 3. The molecular formula is C28H33Cl2N3O4. The number of nitrogens with zero attached hydrogens (tertiary/aromatic N) is 1. The van der Waals surface area contributed by atoms with Gasteiger partial charge >= 0.3 is 0 Å². The van der Waals surface area contributed by atoms with Crippen molar-refractivity contribution >= 4 is 46.6 Å². The van der Waals surface area contributed by atoms with Gasteiger partial charge in [0.1, 0.15) is 11.6 Å². The second kappa shape index (κ2) is 9.90. The maximum atomic E-state index is 14.2. The molecule has 2 saturated carbocycles. The smallest absolute Gasteiger partial charge is 0.246 e. The van der Waals surface area contributed by atoms with E-state index in [1.165, 1.54) is 6.42 Å². The van der Waals surface area contributed by atoms with Crippen LogP contribution in [0.1, 0.15) is 64.2 Å². The van der Waals surface area contributed by atoms with Gasteiger partial charge in [0.15, 0.2) is 0 Å².